The van der Waals surface area contributed by atoms with Crippen molar-refractivity contribution in [2.45, 2.75) is 32.7 Å². The summed E-state index contributed by atoms with van der Waals surface area (Å²) in [7, 11) is 0. The molecule has 0 aliphatic heterocycles. The first-order valence-electron chi connectivity index (χ1n) is 6.79. The number of nitrogens with two attached hydrogens (primary N) is 1. The molecule has 1 heterocycles. The molecule has 6 heteroatoms. The van der Waals surface area contributed by atoms with Gasteiger partial charge in [0.15, 0.2) is 0 Å². The highest BCUT2D eigenvalue weighted by Crippen LogP contribution is 2.29. The van der Waals surface area contributed by atoms with E-state index in [4.69, 9.17) is 29.0 Å². The van der Waals surface area contributed by atoms with Gasteiger partial charge in [-0.15, -0.1) is 0 Å². The smallest absolute Gasteiger partial charge is 0.0676 e. The van der Waals surface area contributed by atoms with Crippen molar-refractivity contribution < 1.29 is 0 Å². The second-order valence-corrected chi connectivity index (χ2v) is 5.66. The van der Waals surface area contributed by atoms with Crippen molar-refractivity contribution in [2.24, 2.45) is 5.84 Å². The first-order chi connectivity index (χ1) is 10.1. The Balaban J connectivity index is 2.36. The van der Waals surface area contributed by atoms with E-state index in [1.807, 2.05) is 32.0 Å². The molecule has 0 fully saturated rings. The summed E-state index contributed by atoms with van der Waals surface area (Å²) < 4.78 is 0. The Bertz CT molecular complexity index is 631. The van der Waals surface area contributed by atoms with Crippen molar-refractivity contribution in [1.29, 1.82) is 0 Å². The molecule has 1 aromatic carbocycles. The van der Waals surface area contributed by atoms with Gasteiger partial charge in [0.2, 0.25) is 0 Å². The number of hydrogen-bond donors (Lipinski definition) is 2. The van der Waals surface area contributed by atoms with Crippen LogP contribution in [0.4, 0.5) is 0 Å². The zero-order valence-corrected chi connectivity index (χ0v) is 13.5. The Morgan fingerprint density at radius 1 is 1.29 bits per heavy atom. The zero-order chi connectivity index (χ0) is 15.4. The van der Waals surface area contributed by atoms with E-state index in [2.05, 4.69) is 15.6 Å². The second kappa shape index (κ2) is 7.18. The molecule has 112 valence electrons. The number of nitrogens with one attached hydrogen (secondary N) is 1. The summed E-state index contributed by atoms with van der Waals surface area (Å²) in [4.78, 5) is 0. The van der Waals surface area contributed by atoms with Gasteiger partial charge < -0.3 is 0 Å². The summed E-state index contributed by atoms with van der Waals surface area (Å²) in [5.74, 6) is 5.74. The van der Waals surface area contributed by atoms with Crippen LogP contribution in [-0.2, 0) is 12.8 Å². The van der Waals surface area contributed by atoms with Crippen molar-refractivity contribution in [3.05, 3.63) is 56.8 Å². The molecule has 3 N–H and O–H groups in total. The average molecular weight is 325 g/mol. The predicted octanol–water partition coefficient (Wildman–Crippen LogP) is 3.40. The maximum Gasteiger partial charge on any atom is 0.0676 e. The quantitative estimate of drug-likeness (QED) is 0.653. The standard InChI is InChI=1S/C15H18Cl2N4/c1-3-13-11(7-9(2)20-21-13)14(19-18)8-10-5-4-6-12(16)15(10)17/h4-7,14,19H,3,8,18H2,1-2H3. The highest BCUT2D eigenvalue weighted by molar-refractivity contribution is 6.42. The van der Waals surface area contributed by atoms with Gasteiger partial charge >= 0.3 is 0 Å². The minimum Gasteiger partial charge on any atom is -0.271 e. The monoisotopic (exact) mass is 324 g/mol. The van der Waals surface area contributed by atoms with Crippen molar-refractivity contribution in [1.82, 2.24) is 15.6 Å². The number of benzene rings is 1. The van der Waals surface area contributed by atoms with Crippen LogP contribution in [0.25, 0.3) is 0 Å². The molecular formula is C15H18Cl2N4. The normalized spacial score (nSPS) is 12.4. The van der Waals surface area contributed by atoms with Crippen LogP contribution in [0.3, 0.4) is 0 Å². The Morgan fingerprint density at radius 2 is 2.05 bits per heavy atom. The molecule has 0 aliphatic rings. The largest absolute Gasteiger partial charge is 0.271 e. The maximum absolute atomic E-state index is 6.26. The molecule has 0 aliphatic carbocycles. The van der Waals surface area contributed by atoms with E-state index >= 15 is 0 Å². The van der Waals surface area contributed by atoms with E-state index in [1.165, 1.54) is 0 Å². The second-order valence-electron chi connectivity index (χ2n) is 4.88. The van der Waals surface area contributed by atoms with E-state index in [-0.39, 0.29) is 6.04 Å². The minimum absolute atomic E-state index is 0.0925. The number of rotatable bonds is 5. The topological polar surface area (TPSA) is 63.8 Å². The first kappa shape index (κ1) is 16.2. The van der Waals surface area contributed by atoms with Gasteiger partial charge in [-0.3, -0.25) is 11.3 Å². The summed E-state index contributed by atoms with van der Waals surface area (Å²) in [6.45, 7) is 3.96. The SMILES string of the molecule is CCc1nnc(C)cc1C(Cc1cccc(Cl)c1Cl)NN. The van der Waals surface area contributed by atoms with Gasteiger partial charge in [-0.05, 0) is 43.0 Å². The third-order valence-corrected chi connectivity index (χ3v) is 4.25. The van der Waals surface area contributed by atoms with E-state index in [1.54, 1.807) is 6.07 Å². The zero-order valence-electron chi connectivity index (χ0n) is 12.0. The molecule has 0 spiro atoms. The number of halogens is 2. The Hall–Kier alpha value is -1.20. The van der Waals surface area contributed by atoms with Crippen molar-refractivity contribution in [3.63, 3.8) is 0 Å². The van der Waals surface area contributed by atoms with Crippen LogP contribution in [0, 0.1) is 6.92 Å². The minimum atomic E-state index is -0.0925. The van der Waals surface area contributed by atoms with Gasteiger partial charge in [-0.1, -0.05) is 42.3 Å². The number of aromatic nitrogens is 2. The molecule has 2 rings (SSSR count). The van der Waals surface area contributed by atoms with Crippen LogP contribution < -0.4 is 11.3 Å². The highest BCUT2D eigenvalue weighted by atomic mass is 35.5. The molecule has 1 unspecified atom stereocenters. The molecule has 0 saturated carbocycles. The summed E-state index contributed by atoms with van der Waals surface area (Å²) in [6, 6.07) is 7.52. The number of hydrazine groups is 1. The van der Waals surface area contributed by atoms with Gasteiger partial charge in [0, 0.05) is 0 Å². The third kappa shape index (κ3) is 3.71. The Morgan fingerprint density at radius 3 is 2.71 bits per heavy atom. The van der Waals surface area contributed by atoms with Gasteiger partial charge in [-0.25, -0.2) is 0 Å². The van der Waals surface area contributed by atoms with Crippen LogP contribution in [0.5, 0.6) is 0 Å². The lowest BCUT2D eigenvalue weighted by Gasteiger charge is -2.19. The van der Waals surface area contributed by atoms with E-state index < -0.39 is 0 Å². The molecule has 0 radical (unpaired) electrons. The van der Waals surface area contributed by atoms with Gasteiger partial charge in [-0.2, -0.15) is 10.2 Å². The lowest BCUT2D eigenvalue weighted by atomic mass is 9.97. The summed E-state index contributed by atoms with van der Waals surface area (Å²) in [5.41, 5.74) is 6.63. The van der Waals surface area contributed by atoms with Crippen LogP contribution in [0.2, 0.25) is 10.0 Å². The molecule has 2 aromatic rings. The van der Waals surface area contributed by atoms with Crippen LogP contribution in [-0.4, -0.2) is 10.2 Å². The predicted molar refractivity (Wildman–Crippen MR) is 86.4 cm³/mol. The lowest BCUT2D eigenvalue weighted by molar-refractivity contribution is 0.542. The number of nitrogens with zero attached hydrogens (tertiary/aromatic N) is 2. The van der Waals surface area contributed by atoms with Crippen molar-refractivity contribution >= 4 is 23.2 Å². The maximum atomic E-state index is 6.26. The lowest BCUT2D eigenvalue weighted by Crippen LogP contribution is -2.31. The van der Waals surface area contributed by atoms with Crippen LogP contribution in [0.15, 0.2) is 24.3 Å². The Kier molecular flexibility index (Phi) is 5.53. The van der Waals surface area contributed by atoms with Gasteiger partial charge in [0.05, 0.1) is 27.5 Å². The highest BCUT2D eigenvalue weighted by Gasteiger charge is 2.18. The number of hydrogen-bond acceptors (Lipinski definition) is 4. The summed E-state index contributed by atoms with van der Waals surface area (Å²) in [6.07, 6.45) is 1.43. The fraction of sp³-hybridized carbons (Fsp3) is 0.333. The van der Waals surface area contributed by atoms with Crippen molar-refractivity contribution in [2.75, 3.05) is 0 Å². The molecule has 1 aromatic heterocycles. The fourth-order valence-corrected chi connectivity index (χ4v) is 2.69. The molecular weight excluding hydrogens is 307 g/mol. The van der Waals surface area contributed by atoms with Gasteiger partial charge in [0.1, 0.15) is 0 Å². The molecule has 4 nitrogen and oxygen atoms in total. The average Bonchev–Trinajstić information content (AvgIpc) is 2.49. The number of aryl methyl sites for hydroxylation is 2. The van der Waals surface area contributed by atoms with Crippen LogP contribution >= 0.6 is 23.2 Å². The summed E-state index contributed by atoms with van der Waals surface area (Å²) in [5, 5.41) is 9.45. The van der Waals surface area contributed by atoms with E-state index in [9.17, 15) is 0 Å². The van der Waals surface area contributed by atoms with Crippen molar-refractivity contribution in [3.8, 4) is 0 Å². The molecule has 21 heavy (non-hydrogen) atoms. The first-order valence-corrected chi connectivity index (χ1v) is 7.54. The molecule has 1 atom stereocenters. The summed E-state index contributed by atoms with van der Waals surface area (Å²) >= 11 is 12.3. The van der Waals surface area contributed by atoms with E-state index in [0.717, 1.165) is 28.9 Å². The van der Waals surface area contributed by atoms with Gasteiger partial charge in [0.25, 0.3) is 0 Å². The fourth-order valence-electron chi connectivity index (χ4n) is 2.30. The third-order valence-electron chi connectivity index (χ3n) is 3.39. The van der Waals surface area contributed by atoms with Crippen LogP contribution in [0.1, 0.15) is 35.5 Å². The molecule has 0 amide bonds. The van der Waals surface area contributed by atoms with E-state index in [0.29, 0.717) is 16.5 Å². The molecule has 0 saturated heterocycles. The molecule has 0 bridgehead atoms. The Labute approximate surface area is 134 Å².